The number of carbonyl (C=O) groups is 1. The highest BCUT2D eigenvalue weighted by Crippen LogP contribution is 2.37. The fourth-order valence-corrected chi connectivity index (χ4v) is 3.38. The minimum atomic E-state index is -0.455. The summed E-state index contributed by atoms with van der Waals surface area (Å²) in [5, 5.41) is 0. The Morgan fingerprint density at radius 1 is 1.30 bits per heavy atom. The maximum Gasteiger partial charge on any atom is 0.240 e. The van der Waals surface area contributed by atoms with E-state index in [2.05, 4.69) is 4.90 Å². The summed E-state index contributed by atoms with van der Waals surface area (Å²) in [6.45, 7) is 8.36. The van der Waals surface area contributed by atoms with Gasteiger partial charge in [-0.1, -0.05) is 32.9 Å². The van der Waals surface area contributed by atoms with Gasteiger partial charge in [0.05, 0.1) is 6.04 Å². The summed E-state index contributed by atoms with van der Waals surface area (Å²) in [5.74, 6) is -0.144. The van der Waals surface area contributed by atoms with Gasteiger partial charge in [0.2, 0.25) is 5.91 Å². The topological polar surface area (TPSA) is 49.3 Å². The van der Waals surface area contributed by atoms with E-state index >= 15 is 0 Å². The molecular formula is C18H26FN3O. The largest absolute Gasteiger partial charge is 0.340 e. The van der Waals surface area contributed by atoms with E-state index < -0.39 is 6.04 Å². The van der Waals surface area contributed by atoms with Crippen molar-refractivity contribution < 1.29 is 9.18 Å². The van der Waals surface area contributed by atoms with Crippen molar-refractivity contribution >= 4 is 5.91 Å². The molecule has 5 heteroatoms. The van der Waals surface area contributed by atoms with Gasteiger partial charge in [-0.15, -0.1) is 0 Å². The van der Waals surface area contributed by atoms with Crippen molar-refractivity contribution in [1.29, 1.82) is 0 Å². The van der Waals surface area contributed by atoms with E-state index in [1.54, 1.807) is 0 Å². The molecule has 4 nitrogen and oxygen atoms in total. The number of hydrogen-bond acceptors (Lipinski definition) is 3. The number of amides is 1. The number of rotatable bonds is 3. The molecule has 0 aliphatic carbocycles. The van der Waals surface area contributed by atoms with Gasteiger partial charge in [0.25, 0.3) is 0 Å². The second-order valence-corrected chi connectivity index (χ2v) is 7.85. The monoisotopic (exact) mass is 319 g/mol. The molecule has 0 bridgehead atoms. The van der Waals surface area contributed by atoms with Gasteiger partial charge in [-0.3, -0.25) is 9.69 Å². The average Bonchev–Trinajstić information content (AvgIpc) is 3.19. The van der Waals surface area contributed by atoms with Crippen LogP contribution in [0.15, 0.2) is 24.3 Å². The van der Waals surface area contributed by atoms with Crippen LogP contribution in [-0.2, 0) is 11.3 Å². The number of benzene rings is 1. The number of carbonyl (C=O) groups excluding carboxylic acids is 1. The van der Waals surface area contributed by atoms with Crippen molar-refractivity contribution in [3.63, 3.8) is 0 Å². The molecule has 2 aliphatic rings. The second-order valence-electron chi connectivity index (χ2n) is 7.85. The first-order valence-electron chi connectivity index (χ1n) is 8.32. The van der Waals surface area contributed by atoms with Gasteiger partial charge in [-0.05, 0) is 29.5 Å². The summed E-state index contributed by atoms with van der Waals surface area (Å²) in [7, 11) is 0. The van der Waals surface area contributed by atoms with Crippen molar-refractivity contribution in [3.05, 3.63) is 35.6 Å². The predicted octanol–water partition coefficient (Wildman–Crippen LogP) is 1.98. The summed E-state index contributed by atoms with van der Waals surface area (Å²) < 4.78 is 13.0. The minimum absolute atomic E-state index is 0.0598. The van der Waals surface area contributed by atoms with Gasteiger partial charge in [0.1, 0.15) is 5.82 Å². The Morgan fingerprint density at radius 2 is 1.96 bits per heavy atom. The Bertz CT molecular complexity index is 581. The van der Waals surface area contributed by atoms with Crippen LogP contribution in [0.4, 0.5) is 4.39 Å². The number of nitrogens with two attached hydrogens (primary N) is 1. The first-order valence-corrected chi connectivity index (χ1v) is 8.32. The maximum absolute atomic E-state index is 13.0. The quantitative estimate of drug-likeness (QED) is 0.867. The SMILES string of the molecule is CC(C)(C)C(N)C(=O)N1CCC2C(C1)N2Cc1ccc(F)cc1. The minimum Gasteiger partial charge on any atom is -0.340 e. The van der Waals surface area contributed by atoms with Gasteiger partial charge in [0.15, 0.2) is 0 Å². The van der Waals surface area contributed by atoms with Crippen molar-refractivity contribution in [3.8, 4) is 0 Å². The predicted molar refractivity (Wildman–Crippen MR) is 88.1 cm³/mol. The normalized spacial score (nSPS) is 28.2. The van der Waals surface area contributed by atoms with Crippen LogP contribution in [0.2, 0.25) is 0 Å². The Hall–Kier alpha value is -1.46. The number of halogens is 1. The highest BCUT2D eigenvalue weighted by atomic mass is 19.1. The lowest BCUT2D eigenvalue weighted by Crippen LogP contribution is -2.52. The van der Waals surface area contributed by atoms with E-state index in [0.29, 0.717) is 12.1 Å². The maximum atomic E-state index is 13.0. The molecule has 2 aliphatic heterocycles. The molecule has 2 fully saturated rings. The van der Waals surface area contributed by atoms with Crippen LogP contribution in [0.5, 0.6) is 0 Å². The van der Waals surface area contributed by atoms with Gasteiger partial charge in [-0.2, -0.15) is 0 Å². The average molecular weight is 319 g/mol. The molecule has 1 aromatic carbocycles. The molecule has 0 radical (unpaired) electrons. The Balaban J connectivity index is 1.57. The van der Waals surface area contributed by atoms with Gasteiger partial charge in [0, 0.05) is 31.7 Å². The third kappa shape index (κ3) is 3.40. The fourth-order valence-electron chi connectivity index (χ4n) is 3.38. The van der Waals surface area contributed by atoms with Crippen LogP contribution >= 0.6 is 0 Å². The van der Waals surface area contributed by atoms with Crippen LogP contribution in [0, 0.1) is 11.2 Å². The van der Waals surface area contributed by atoms with E-state index in [4.69, 9.17) is 5.73 Å². The molecule has 4 atom stereocenters. The number of nitrogens with zero attached hydrogens (tertiary/aromatic N) is 2. The van der Waals surface area contributed by atoms with Crippen molar-refractivity contribution in [1.82, 2.24) is 9.80 Å². The molecule has 3 rings (SSSR count). The zero-order valence-corrected chi connectivity index (χ0v) is 14.1. The van der Waals surface area contributed by atoms with Gasteiger partial charge >= 0.3 is 0 Å². The first kappa shape index (κ1) is 16.4. The van der Waals surface area contributed by atoms with E-state index in [1.807, 2.05) is 37.8 Å². The van der Waals surface area contributed by atoms with Crippen LogP contribution in [0.25, 0.3) is 0 Å². The first-order chi connectivity index (χ1) is 10.8. The van der Waals surface area contributed by atoms with E-state index in [9.17, 15) is 9.18 Å². The lowest BCUT2D eigenvalue weighted by molar-refractivity contribution is -0.135. The van der Waals surface area contributed by atoms with Crippen LogP contribution in [0.3, 0.4) is 0 Å². The standard InChI is InChI=1S/C18H26FN3O/c1-18(2,3)16(20)17(23)21-9-8-14-15(11-21)22(14)10-12-4-6-13(19)7-5-12/h4-7,14-16H,8-11,20H2,1-3H3. The van der Waals surface area contributed by atoms with Crippen LogP contribution in [-0.4, -0.2) is 46.9 Å². The highest BCUT2D eigenvalue weighted by molar-refractivity contribution is 5.82. The van der Waals surface area contributed by atoms with Crippen LogP contribution < -0.4 is 5.73 Å². The van der Waals surface area contributed by atoms with E-state index in [1.165, 1.54) is 12.1 Å². The Kier molecular flexibility index (Phi) is 4.19. The number of fused-ring (bicyclic) bond motifs is 1. The molecule has 2 saturated heterocycles. The number of piperidine rings is 1. The molecule has 126 valence electrons. The number of likely N-dealkylation sites (tertiary alicyclic amines) is 1. The zero-order chi connectivity index (χ0) is 16.8. The van der Waals surface area contributed by atoms with Gasteiger partial charge < -0.3 is 10.6 Å². The molecule has 2 heterocycles. The Morgan fingerprint density at radius 3 is 2.57 bits per heavy atom. The zero-order valence-electron chi connectivity index (χ0n) is 14.1. The molecule has 2 N–H and O–H groups in total. The summed E-state index contributed by atoms with van der Waals surface area (Å²) in [6, 6.07) is 7.18. The molecule has 1 aromatic rings. The molecular weight excluding hydrogens is 293 g/mol. The third-order valence-electron chi connectivity index (χ3n) is 5.10. The molecule has 4 unspecified atom stereocenters. The molecule has 23 heavy (non-hydrogen) atoms. The number of hydrogen-bond donors (Lipinski definition) is 1. The molecule has 0 saturated carbocycles. The third-order valence-corrected chi connectivity index (χ3v) is 5.10. The summed E-state index contributed by atoms with van der Waals surface area (Å²) in [5.41, 5.74) is 7.02. The van der Waals surface area contributed by atoms with Crippen molar-refractivity contribution in [2.75, 3.05) is 13.1 Å². The molecule has 1 amide bonds. The van der Waals surface area contributed by atoms with Crippen molar-refractivity contribution in [2.45, 2.75) is 51.9 Å². The van der Waals surface area contributed by atoms with Crippen molar-refractivity contribution in [2.24, 2.45) is 11.1 Å². The van der Waals surface area contributed by atoms with Crippen LogP contribution in [0.1, 0.15) is 32.8 Å². The molecule has 0 spiro atoms. The smallest absolute Gasteiger partial charge is 0.240 e. The summed E-state index contributed by atoms with van der Waals surface area (Å²) in [4.78, 5) is 16.9. The lowest BCUT2D eigenvalue weighted by atomic mass is 9.86. The molecule has 0 aromatic heterocycles. The summed E-state index contributed by atoms with van der Waals surface area (Å²) in [6.07, 6.45) is 0.995. The fraction of sp³-hybridized carbons (Fsp3) is 0.611. The highest BCUT2D eigenvalue weighted by Gasteiger charge is 2.51. The summed E-state index contributed by atoms with van der Waals surface area (Å²) >= 11 is 0. The second kappa shape index (κ2) is 5.87. The van der Waals surface area contributed by atoms with Gasteiger partial charge in [-0.25, -0.2) is 4.39 Å². The lowest BCUT2D eigenvalue weighted by Gasteiger charge is -2.33. The Labute approximate surface area is 137 Å². The van der Waals surface area contributed by atoms with E-state index in [-0.39, 0.29) is 17.1 Å². The van der Waals surface area contributed by atoms with E-state index in [0.717, 1.165) is 31.6 Å².